The summed E-state index contributed by atoms with van der Waals surface area (Å²) in [6.45, 7) is 1.59. The van der Waals surface area contributed by atoms with Crippen LogP contribution in [-0.4, -0.2) is 34.7 Å². The molecule has 0 aliphatic carbocycles. The van der Waals surface area contributed by atoms with Crippen LogP contribution >= 0.6 is 0 Å². The van der Waals surface area contributed by atoms with E-state index < -0.39 is 18.0 Å². The minimum absolute atomic E-state index is 0.0377. The van der Waals surface area contributed by atoms with Crippen molar-refractivity contribution in [3.05, 3.63) is 72.8 Å². The normalized spacial score (nSPS) is 11.0. The van der Waals surface area contributed by atoms with Gasteiger partial charge in [0.15, 0.2) is 0 Å². The standard InChI is InChI=1S/C13H13NO2.C8H9NO2/c1-9(13(15)16)14-12-8-4-6-10-5-2-3-7-11(10)12;10-8(11)6-9-7-4-2-1-3-5-7/h2-9,14H,1H3,(H,15,16);1-5,9H,6H2,(H,10,11)/t9-;/m0./s1. The van der Waals surface area contributed by atoms with Crippen LogP contribution in [0.5, 0.6) is 0 Å². The number of para-hydroxylation sites is 1. The van der Waals surface area contributed by atoms with Gasteiger partial charge in [0.25, 0.3) is 0 Å². The quantitative estimate of drug-likeness (QED) is 0.528. The summed E-state index contributed by atoms with van der Waals surface area (Å²) in [6, 6.07) is 22.3. The summed E-state index contributed by atoms with van der Waals surface area (Å²) in [6.07, 6.45) is 0. The average Bonchev–Trinajstić information content (AvgIpc) is 2.68. The first-order chi connectivity index (χ1) is 13.0. The van der Waals surface area contributed by atoms with Gasteiger partial charge in [0.1, 0.15) is 12.6 Å². The Bertz CT molecular complexity index is 892. The smallest absolute Gasteiger partial charge is 0.325 e. The number of carboxylic acid groups (broad SMARTS) is 2. The van der Waals surface area contributed by atoms with E-state index in [4.69, 9.17) is 10.2 Å². The lowest BCUT2D eigenvalue weighted by Gasteiger charge is -2.12. The number of hydrogen-bond acceptors (Lipinski definition) is 4. The molecule has 0 fully saturated rings. The Morgan fingerprint density at radius 3 is 2.19 bits per heavy atom. The molecular formula is C21H22N2O4. The Morgan fingerprint density at radius 2 is 1.52 bits per heavy atom. The van der Waals surface area contributed by atoms with E-state index in [1.54, 1.807) is 6.92 Å². The third-order valence-corrected chi connectivity index (χ3v) is 3.75. The predicted octanol–water partition coefficient (Wildman–Crippen LogP) is 3.91. The highest BCUT2D eigenvalue weighted by atomic mass is 16.4. The molecule has 0 aliphatic rings. The average molecular weight is 366 g/mol. The van der Waals surface area contributed by atoms with E-state index in [-0.39, 0.29) is 6.54 Å². The van der Waals surface area contributed by atoms with Crippen molar-refractivity contribution in [2.45, 2.75) is 13.0 Å². The lowest BCUT2D eigenvalue weighted by Crippen LogP contribution is -2.25. The largest absolute Gasteiger partial charge is 0.480 e. The van der Waals surface area contributed by atoms with Crippen molar-refractivity contribution in [2.75, 3.05) is 17.2 Å². The number of nitrogens with one attached hydrogen (secondary N) is 2. The van der Waals surface area contributed by atoms with Crippen LogP contribution in [-0.2, 0) is 9.59 Å². The SMILES string of the molecule is C[C@H](Nc1cccc2ccccc12)C(=O)O.O=C(O)CNc1ccccc1. The molecule has 6 heteroatoms. The lowest BCUT2D eigenvalue weighted by molar-refractivity contribution is -0.137. The molecule has 0 aliphatic heterocycles. The summed E-state index contributed by atoms with van der Waals surface area (Å²) >= 11 is 0. The Morgan fingerprint density at radius 1 is 0.889 bits per heavy atom. The van der Waals surface area contributed by atoms with Crippen molar-refractivity contribution in [1.29, 1.82) is 0 Å². The monoisotopic (exact) mass is 366 g/mol. The van der Waals surface area contributed by atoms with E-state index in [1.807, 2.05) is 72.8 Å². The van der Waals surface area contributed by atoms with E-state index in [0.717, 1.165) is 22.1 Å². The number of fused-ring (bicyclic) bond motifs is 1. The molecule has 0 radical (unpaired) electrons. The van der Waals surface area contributed by atoms with Gasteiger partial charge in [-0.3, -0.25) is 9.59 Å². The molecule has 0 saturated carbocycles. The van der Waals surface area contributed by atoms with Crippen LogP contribution in [0, 0.1) is 0 Å². The van der Waals surface area contributed by atoms with Crippen LogP contribution in [0.15, 0.2) is 72.8 Å². The molecule has 0 heterocycles. The maximum absolute atomic E-state index is 10.8. The van der Waals surface area contributed by atoms with Gasteiger partial charge in [-0.05, 0) is 30.5 Å². The Balaban J connectivity index is 0.000000208. The van der Waals surface area contributed by atoms with Crippen LogP contribution in [0.3, 0.4) is 0 Å². The molecule has 6 nitrogen and oxygen atoms in total. The molecule has 3 aromatic carbocycles. The van der Waals surface area contributed by atoms with Gasteiger partial charge >= 0.3 is 11.9 Å². The first-order valence-electron chi connectivity index (χ1n) is 8.45. The van der Waals surface area contributed by atoms with Gasteiger partial charge in [-0.25, -0.2) is 0 Å². The van der Waals surface area contributed by atoms with Gasteiger partial charge in [0, 0.05) is 16.8 Å². The lowest BCUT2D eigenvalue weighted by atomic mass is 10.1. The molecule has 0 unspecified atom stereocenters. The highest BCUT2D eigenvalue weighted by Crippen LogP contribution is 2.23. The second kappa shape index (κ2) is 9.82. The van der Waals surface area contributed by atoms with Crippen molar-refractivity contribution in [1.82, 2.24) is 0 Å². The maximum Gasteiger partial charge on any atom is 0.325 e. The molecule has 3 aromatic rings. The van der Waals surface area contributed by atoms with E-state index in [9.17, 15) is 9.59 Å². The van der Waals surface area contributed by atoms with E-state index in [0.29, 0.717) is 0 Å². The van der Waals surface area contributed by atoms with Crippen molar-refractivity contribution >= 4 is 34.1 Å². The first kappa shape index (κ1) is 19.8. The summed E-state index contributed by atoms with van der Waals surface area (Å²) in [4.78, 5) is 20.9. The molecule has 140 valence electrons. The van der Waals surface area contributed by atoms with E-state index >= 15 is 0 Å². The Kier molecular flexibility index (Phi) is 7.19. The van der Waals surface area contributed by atoms with Gasteiger partial charge in [0.2, 0.25) is 0 Å². The summed E-state index contributed by atoms with van der Waals surface area (Å²) < 4.78 is 0. The van der Waals surface area contributed by atoms with Crippen molar-refractivity contribution in [3.63, 3.8) is 0 Å². The molecule has 0 bridgehead atoms. The van der Waals surface area contributed by atoms with Crippen LogP contribution in [0.1, 0.15) is 6.92 Å². The second-order valence-corrected chi connectivity index (χ2v) is 5.84. The molecule has 0 spiro atoms. The molecular weight excluding hydrogens is 344 g/mol. The fraction of sp³-hybridized carbons (Fsp3) is 0.143. The van der Waals surface area contributed by atoms with Crippen LogP contribution < -0.4 is 10.6 Å². The summed E-state index contributed by atoms with van der Waals surface area (Å²) in [5, 5.41) is 25.0. The molecule has 0 amide bonds. The van der Waals surface area contributed by atoms with Gasteiger partial charge in [0.05, 0.1) is 0 Å². The van der Waals surface area contributed by atoms with Gasteiger partial charge in [-0.1, -0.05) is 54.6 Å². The molecule has 27 heavy (non-hydrogen) atoms. The number of aliphatic carboxylic acids is 2. The fourth-order valence-electron chi connectivity index (χ4n) is 2.38. The number of anilines is 2. The highest BCUT2D eigenvalue weighted by molar-refractivity contribution is 5.95. The van der Waals surface area contributed by atoms with Gasteiger partial charge < -0.3 is 20.8 Å². The number of carboxylic acids is 2. The zero-order valence-electron chi connectivity index (χ0n) is 14.9. The Hall–Kier alpha value is -3.54. The van der Waals surface area contributed by atoms with Crippen molar-refractivity contribution < 1.29 is 19.8 Å². The van der Waals surface area contributed by atoms with Crippen molar-refractivity contribution in [3.8, 4) is 0 Å². The van der Waals surface area contributed by atoms with Gasteiger partial charge in [-0.15, -0.1) is 0 Å². The molecule has 3 rings (SSSR count). The van der Waals surface area contributed by atoms with Crippen molar-refractivity contribution in [2.24, 2.45) is 0 Å². The van der Waals surface area contributed by atoms with Crippen LogP contribution in [0.25, 0.3) is 10.8 Å². The van der Waals surface area contributed by atoms with Gasteiger partial charge in [-0.2, -0.15) is 0 Å². The van der Waals surface area contributed by atoms with Crippen LogP contribution in [0.2, 0.25) is 0 Å². The number of rotatable bonds is 6. The summed E-state index contributed by atoms with van der Waals surface area (Å²) in [5.41, 5.74) is 1.68. The topological polar surface area (TPSA) is 98.7 Å². The third-order valence-electron chi connectivity index (χ3n) is 3.75. The molecule has 1 atom stereocenters. The Labute approximate surface area is 157 Å². The van der Waals surface area contributed by atoms with Crippen LogP contribution in [0.4, 0.5) is 11.4 Å². The van der Waals surface area contributed by atoms with E-state index in [1.165, 1.54) is 0 Å². The zero-order valence-corrected chi connectivity index (χ0v) is 14.9. The third kappa shape index (κ3) is 6.36. The molecule has 0 saturated heterocycles. The summed E-state index contributed by atoms with van der Waals surface area (Å²) in [5.74, 6) is -1.71. The predicted molar refractivity (Wildman–Crippen MR) is 107 cm³/mol. The number of benzene rings is 3. The second-order valence-electron chi connectivity index (χ2n) is 5.84. The minimum atomic E-state index is -0.854. The first-order valence-corrected chi connectivity index (χ1v) is 8.45. The number of carbonyl (C=O) groups is 2. The fourth-order valence-corrected chi connectivity index (χ4v) is 2.38. The zero-order chi connectivity index (χ0) is 19.6. The maximum atomic E-state index is 10.8. The molecule has 0 aromatic heterocycles. The van der Waals surface area contributed by atoms with E-state index in [2.05, 4.69) is 10.6 Å². The summed E-state index contributed by atoms with van der Waals surface area (Å²) in [7, 11) is 0. The molecule has 4 N–H and O–H groups in total. The highest BCUT2D eigenvalue weighted by Gasteiger charge is 2.11. The minimum Gasteiger partial charge on any atom is -0.480 e. The number of hydrogen-bond donors (Lipinski definition) is 4.